The van der Waals surface area contributed by atoms with E-state index in [-0.39, 0.29) is 0 Å². The van der Waals surface area contributed by atoms with Gasteiger partial charge in [-0.05, 0) is 6.42 Å². The van der Waals surface area contributed by atoms with Crippen molar-refractivity contribution in [3.8, 4) is 0 Å². The van der Waals surface area contributed by atoms with Crippen LogP contribution in [0.3, 0.4) is 0 Å². The zero-order valence-electron chi connectivity index (χ0n) is 7.27. The minimum absolute atomic E-state index is 0.801. The molecule has 12 heavy (non-hydrogen) atoms. The Bertz CT molecular complexity index is 199. The van der Waals surface area contributed by atoms with Crippen LogP contribution in [-0.4, -0.2) is 13.2 Å². The van der Waals surface area contributed by atoms with Crippen molar-refractivity contribution < 1.29 is 4.74 Å². The first-order valence-corrected chi connectivity index (χ1v) is 5.06. The van der Waals surface area contributed by atoms with Gasteiger partial charge in [0.2, 0.25) is 0 Å². The molecule has 2 nitrogen and oxygen atoms in total. The first-order valence-electron chi connectivity index (χ1n) is 4.27. The molecule has 1 aliphatic rings. The van der Waals surface area contributed by atoms with Crippen LogP contribution in [0.2, 0.25) is 0 Å². The molecular weight excluding hydrogens is 218 g/mol. The van der Waals surface area contributed by atoms with Gasteiger partial charge in [-0.25, -0.2) is 0 Å². The van der Waals surface area contributed by atoms with E-state index in [0.717, 1.165) is 29.9 Å². The Morgan fingerprint density at radius 2 is 2.50 bits per heavy atom. The van der Waals surface area contributed by atoms with Crippen LogP contribution in [0.1, 0.15) is 19.8 Å². The molecule has 0 aromatic carbocycles. The van der Waals surface area contributed by atoms with E-state index in [1.165, 1.54) is 6.42 Å². The Morgan fingerprint density at radius 1 is 1.67 bits per heavy atom. The fourth-order valence-electron chi connectivity index (χ4n) is 0.903. The smallest absolute Gasteiger partial charge is 0.187 e. The molecule has 1 heterocycles. The molecule has 0 unspecified atom stereocenters. The highest BCUT2D eigenvalue weighted by atomic mass is 79.9. The van der Waals surface area contributed by atoms with Gasteiger partial charge in [-0.15, -0.1) is 0 Å². The van der Waals surface area contributed by atoms with Crippen LogP contribution in [0, 0.1) is 0 Å². The number of allylic oxidation sites excluding steroid dienone is 2. The summed E-state index contributed by atoms with van der Waals surface area (Å²) < 4.78 is 6.56. The Morgan fingerprint density at radius 3 is 3.17 bits per heavy atom. The highest BCUT2D eigenvalue weighted by molar-refractivity contribution is 9.11. The fourth-order valence-corrected chi connectivity index (χ4v) is 1.27. The largest absolute Gasteiger partial charge is 0.479 e. The number of dihydropyridines is 1. The number of hydrogen-bond donors (Lipinski definition) is 1. The number of rotatable bonds is 4. The molecule has 0 aromatic heterocycles. The van der Waals surface area contributed by atoms with Crippen molar-refractivity contribution in [3.05, 3.63) is 22.5 Å². The van der Waals surface area contributed by atoms with Gasteiger partial charge in [0.05, 0.1) is 6.61 Å². The van der Waals surface area contributed by atoms with Gasteiger partial charge in [0.25, 0.3) is 0 Å². The third-order valence-electron chi connectivity index (χ3n) is 1.60. The van der Waals surface area contributed by atoms with E-state index in [4.69, 9.17) is 4.74 Å². The van der Waals surface area contributed by atoms with E-state index < -0.39 is 0 Å². The van der Waals surface area contributed by atoms with Crippen LogP contribution in [0.5, 0.6) is 0 Å². The van der Waals surface area contributed by atoms with Crippen molar-refractivity contribution in [2.75, 3.05) is 13.2 Å². The lowest BCUT2D eigenvalue weighted by Crippen LogP contribution is -2.19. The Kier molecular flexibility index (Phi) is 4.22. The zero-order chi connectivity index (χ0) is 8.81. The van der Waals surface area contributed by atoms with Gasteiger partial charge in [0.15, 0.2) is 5.88 Å². The zero-order valence-corrected chi connectivity index (χ0v) is 8.86. The average molecular weight is 232 g/mol. The number of ether oxygens (including phenoxy) is 1. The molecule has 0 aromatic rings. The quantitative estimate of drug-likeness (QED) is 0.752. The molecule has 0 atom stereocenters. The fraction of sp³-hybridized carbons (Fsp3) is 0.556. The molecule has 0 bridgehead atoms. The van der Waals surface area contributed by atoms with Crippen molar-refractivity contribution in [1.29, 1.82) is 0 Å². The van der Waals surface area contributed by atoms with Crippen molar-refractivity contribution in [2.24, 2.45) is 0 Å². The standard InChI is InChI=1S/C9H14BrNO/c1-2-3-6-12-9-7-8(10)4-5-11-9/h4,7,11H,2-3,5-6H2,1H3. The molecule has 0 saturated carbocycles. The highest BCUT2D eigenvalue weighted by Gasteiger charge is 2.01. The van der Waals surface area contributed by atoms with E-state index in [1.54, 1.807) is 0 Å². The van der Waals surface area contributed by atoms with Crippen LogP contribution >= 0.6 is 15.9 Å². The molecule has 0 radical (unpaired) electrons. The predicted molar refractivity (Wildman–Crippen MR) is 54.0 cm³/mol. The van der Waals surface area contributed by atoms with E-state index in [9.17, 15) is 0 Å². The van der Waals surface area contributed by atoms with Crippen LogP contribution in [0.15, 0.2) is 22.5 Å². The summed E-state index contributed by atoms with van der Waals surface area (Å²) in [6, 6.07) is 0. The Balaban J connectivity index is 2.27. The van der Waals surface area contributed by atoms with E-state index >= 15 is 0 Å². The summed E-state index contributed by atoms with van der Waals surface area (Å²) in [6.45, 7) is 3.80. The highest BCUT2D eigenvalue weighted by Crippen LogP contribution is 2.12. The SMILES string of the molecule is CCCCOC1=CC(Br)=CCN1. The van der Waals surface area contributed by atoms with Gasteiger partial charge < -0.3 is 10.1 Å². The summed E-state index contributed by atoms with van der Waals surface area (Å²) >= 11 is 3.40. The molecule has 68 valence electrons. The first-order chi connectivity index (χ1) is 5.83. The third-order valence-corrected chi connectivity index (χ3v) is 2.15. The normalized spacial score (nSPS) is 16.2. The number of nitrogens with one attached hydrogen (secondary N) is 1. The molecule has 1 aliphatic heterocycles. The summed E-state index contributed by atoms with van der Waals surface area (Å²) in [4.78, 5) is 0. The van der Waals surface area contributed by atoms with Gasteiger partial charge in [0, 0.05) is 17.1 Å². The van der Waals surface area contributed by atoms with Crippen molar-refractivity contribution in [1.82, 2.24) is 5.32 Å². The van der Waals surface area contributed by atoms with Crippen LogP contribution in [0.25, 0.3) is 0 Å². The minimum atomic E-state index is 0.801. The van der Waals surface area contributed by atoms with Gasteiger partial charge in [-0.3, -0.25) is 0 Å². The van der Waals surface area contributed by atoms with Gasteiger partial charge in [0.1, 0.15) is 0 Å². The van der Waals surface area contributed by atoms with E-state index in [2.05, 4.69) is 34.2 Å². The van der Waals surface area contributed by atoms with Crippen molar-refractivity contribution in [2.45, 2.75) is 19.8 Å². The maximum absolute atomic E-state index is 5.47. The lowest BCUT2D eigenvalue weighted by molar-refractivity contribution is 0.188. The molecule has 0 saturated heterocycles. The topological polar surface area (TPSA) is 21.3 Å². The van der Waals surface area contributed by atoms with E-state index in [0.29, 0.717) is 0 Å². The van der Waals surface area contributed by atoms with E-state index in [1.807, 2.05) is 6.08 Å². The molecule has 0 amide bonds. The maximum atomic E-state index is 5.47. The van der Waals surface area contributed by atoms with Crippen molar-refractivity contribution in [3.63, 3.8) is 0 Å². The Labute approximate surface area is 81.8 Å². The average Bonchev–Trinajstić information content (AvgIpc) is 2.05. The Hall–Kier alpha value is -0.440. The molecular formula is C9H14BrNO. The molecule has 0 spiro atoms. The lowest BCUT2D eigenvalue weighted by Gasteiger charge is -2.14. The van der Waals surface area contributed by atoms with Crippen LogP contribution in [0.4, 0.5) is 0 Å². The molecule has 0 aliphatic carbocycles. The molecule has 1 rings (SSSR count). The molecule has 0 fully saturated rings. The maximum Gasteiger partial charge on any atom is 0.187 e. The number of hydrogen-bond acceptors (Lipinski definition) is 2. The third kappa shape index (κ3) is 3.30. The summed E-state index contributed by atoms with van der Waals surface area (Å²) in [5.74, 6) is 0.873. The lowest BCUT2D eigenvalue weighted by atomic mass is 10.3. The summed E-state index contributed by atoms with van der Waals surface area (Å²) in [7, 11) is 0. The monoisotopic (exact) mass is 231 g/mol. The predicted octanol–water partition coefficient (Wildman–Crippen LogP) is 2.53. The van der Waals surface area contributed by atoms with Gasteiger partial charge in [-0.2, -0.15) is 0 Å². The van der Waals surface area contributed by atoms with Crippen molar-refractivity contribution >= 4 is 15.9 Å². The molecule has 1 N–H and O–H groups in total. The second-order valence-corrected chi connectivity index (χ2v) is 3.60. The van der Waals surface area contributed by atoms with Gasteiger partial charge in [-0.1, -0.05) is 35.4 Å². The summed E-state index contributed by atoms with van der Waals surface area (Å²) in [5.41, 5.74) is 0. The molecule has 3 heteroatoms. The second kappa shape index (κ2) is 5.25. The first kappa shape index (κ1) is 9.65. The minimum Gasteiger partial charge on any atom is -0.479 e. The van der Waals surface area contributed by atoms with Crippen LogP contribution < -0.4 is 5.32 Å². The second-order valence-electron chi connectivity index (χ2n) is 2.68. The summed E-state index contributed by atoms with van der Waals surface area (Å²) in [6.07, 6.45) is 6.30. The van der Waals surface area contributed by atoms with Crippen LogP contribution in [-0.2, 0) is 4.74 Å². The number of halogens is 1. The number of unbranched alkanes of at least 4 members (excludes halogenated alkanes) is 1. The summed E-state index contributed by atoms with van der Waals surface area (Å²) in [5, 5.41) is 3.14. The van der Waals surface area contributed by atoms with Gasteiger partial charge >= 0.3 is 0 Å².